The molecule has 0 rings (SSSR count). The van der Waals surface area contributed by atoms with E-state index in [2.05, 4.69) is 15.0 Å². The van der Waals surface area contributed by atoms with E-state index >= 15 is 0 Å². The fraction of sp³-hybridized carbons (Fsp3) is 0.875. The van der Waals surface area contributed by atoms with Crippen molar-refractivity contribution in [2.75, 3.05) is 19.7 Å². The highest BCUT2D eigenvalue weighted by Crippen LogP contribution is 2.20. The van der Waals surface area contributed by atoms with Crippen molar-refractivity contribution in [2.24, 2.45) is 10.2 Å². The quantitative estimate of drug-likeness (QED) is 0.396. The second-order valence-electron chi connectivity index (χ2n) is 2.69. The first-order valence-corrected chi connectivity index (χ1v) is 4.51. The Kier molecular flexibility index (Phi) is 6.64. The molecule has 88 valence electrons. The van der Waals surface area contributed by atoms with Crippen molar-refractivity contribution in [3.8, 4) is 0 Å². The van der Waals surface area contributed by atoms with E-state index in [4.69, 9.17) is 0 Å². The maximum atomic E-state index is 11.6. The van der Waals surface area contributed by atoms with E-state index in [0.29, 0.717) is 0 Å². The number of hydrogen-bond acceptors (Lipinski definition) is 4. The van der Waals surface area contributed by atoms with Gasteiger partial charge in [-0.2, -0.15) is 23.4 Å². The normalized spacial score (nSPS) is 12.0. The van der Waals surface area contributed by atoms with Gasteiger partial charge in [-0.1, -0.05) is 0 Å². The van der Waals surface area contributed by atoms with Gasteiger partial charge < -0.3 is 4.74 Å². The van der Waals surface area contributed by atoms with Crippen molar-refractivity contribution < 1.29 is 22.7 Å². The van der Waals surface area contributed by atoms with Crippen molar-refractivity contribution in [3.63, 3.8) is 0 Å². The first-order valence-electron chi connectivity index (χ1n) is 4.51. The van der Waals surface area contributed by atoms with E-state index in [1.165, 1.54) is 0 Å². The largest absolute Gasteiger partial charge is 0.465 e. The average Bonchev–Trinajstić information content (AvgIpc) is 2.09. The Hall–Kier alpha value is -1.14. The van der Waals surface area contributed by atoms with Gasteiger partial charge in [0, 0.05) is 6.42 Å². The summed E-state index contributed by atoms with van der Waals surface area (Å²) in [7, 11) is 0. The molecule has 0 aromatic heterocycles. The minimum atomic E-state index is -4.16. The molecule has 0 amide bonds. The molecule has 0 aliphatic heterocycles. The summed E-state index contributed by atoms with van der Waals surface area (Å²) < 4.78 is 39.5. The number of carbonyl (C=O) groups excluding carboxylic acids is 1. The van der Waals surface area contributed by atoms with E-state index in [1.54, 1.807) is 6.92 Å². The van der Waals surface area contributed by atoms with Crippen LogP contribution in [0.5, 0.6) is 0 Å². The fourth-order valence-electron chi connectivity index (χ4n) is 0.735. The van der Waals surface area contributed by atoms with Crippen molar-refractivity contribution in [2.45, 2.75) is 25.9 Å². The molecule has 0 aliphatic rings. The van der Waals surface area contributed by atoms with Crippen LogP contribution in [0.25, 0.3) is 0 Å². The molecule has 0 radical (unpaired) electrons. The molecule has 0 heterocycles. The number of ether oxygens (including phenoxy) is 1. The Morgan fingerprint density at radius 2 is 2.00 bits per heavy atom. The molecular weight excluding hydrogens is 213 g/mol. The highest BCUT2D eigenvalue weighted by atomic mass is 19.4. The summed E-state index contributed by atoms with van der Waals surface area (Å²) >= 11 is 0. The summed E-state index contributed by atoms with van der Waals surface area (Å²) in [5.74, 6) is -0.530. The summed E-state index contributed by atoms with van der Waals surface area (Å²) in [4.78, 5) is 10.7. The number of esters is 1. The van der Waals surface area contributed by atoms with Crippen LogP contribution >= 0.6 is 0 Å². The summed E-state index contributed by atoms with van der Waals surface area (Å²) in [6.45, 7) is 1.64. The molecule has 0 aromatic carbocycles. The molecule has 0 unspecified atom stereocenters. The van der Waals surface area contributed by atoms with Gasteiger partial charge in [-0.05, 0) is 13.3 Å². The summed E-state index contributed by atoms with van der Waals surface area (Å²) in [5, 5.41) is 6.81. The second-order valence-corrected chi connectivity index (χ2v) is 2.69. The lowest BCUT2D eigenvalue weighted by atomic mass is 10.3. The lowest BCUT2D eigenvalue weighted by Crippen LogP contribution is -2.08. The first kappa shape index (κ1) is 13.9. The van der Waals surface area contributed by atoms with Gasteiger partial charge in [-0.3, -0.25) is 0 Å². The number of nitrogens with zero attached hydrogens (tertiary/aromatic N) is 2. The first-order chi connectivity index (χ1) is 6.95. The van der Waals surface area contributed by atoms with Crippen molar-refractivity contribution in [3.05, 3.63) is 0 Å². The number of carbonyl (C=O) groups is 1. The molecule has 0 saturated heterocycles. The highest BCUT2D eigenvalue weighted by Gasteiger charge is 2.25. The Morgan fingerprint density at radius 1 is 1.33 bits per heavy atom. The van der Waals surface area contributed by atoms with Crippen LogP contribution in [0, 0.1) is 0 Å². The van der Waals surface area contributed by atoms with Crippen LogP contribution in [-0.2, 0) is 9.53 Å². The molecule has 0 aromatic rings. The summed E-state index contributed by atoms with van der Waals surface area (Å²) in [6, 6.07) is 0. The molecule has 0 saturated carbocycles. The van der Waals surface area contributed by atoms with E-state index in [-0.39, 0.29) is 26.1 Å². The molecule has 0 fully saturated rings. The highest BCUT2D eigenvalue weighted by molar-refractivity contribution is 5.71. The van der Waals surface area contributed by atoms with Crippen LogP contribution in [0.1, 0.15) is 19.8 Å². The topological polar surface area (TPSA) is 51.0 Å². The van der Waals surface area contributed by atoms with Gasteiger partial charge in [0.2, 0.25) is 0 Å². The molecule has 0 aliphatic carbocycles. The molecule has 0 bridgehead atoms. The zero-order valence-electron chi connectivity index (χ0n) is 8.38. The van der Waals surface area contributed by atoms with Gasteiger partial charge in [0.05, 0.1) is 13.2 Å². The minimum Gasteiger partial charge on any atom is -0.465 e. The third kappa shape index (κ3) is 10.8. The third-order valence-corrected chi connectivity index (χ3v) is 1.32. The average molecular weight is 226 g/mol. The van der Waals surface area contributed by atoms with Crippen LogP contribution in [0.2, 0.25) is 0 Å². The number of hydrogen-bond donors (Lipinski definition) is 0. The van der Waals surface area contributed by atoms with E-state index in [0.717, 1.165) is 0 Å². The van der Waals surface area contributed by atoms with Crippen LogP contribution in [0.4, 0.5) is 13.2 Å². The Morgan fingerprint density at radius 3 is 2.53 bits per heavy atom. The van der Waals surface area contributed by atoms with Crippen molar-refractivity contribution >= 4 is 5.97 Å². The SMILES string of the molecule is CCOC(=O)CN=NCCCC(F)(F)F. The van der Waals surface area contributed by atoms with Crippen LogP contribution in [-0.4, -0.2) is 31.8 Å². The van der Waals surface area contributed by atoms with Gasteiger partial charge >= 0.3 is 12.1 Å². The van der Waals surface area contributed by atoms with Crippen LogP contribution in [0.15, 0.2) is 10.2 Å². The lowest BCUT2D eigenvalue weighted by Gasteiger charge is -2.02. The predicted molar refractivity (Wildman–Crippen MR) is 46.5 cm³/mol. The Balaban J connectivity index is 3.43. The van der Waals surface area contributed by atoms with Gasteiger partial charge in [-0.25, -0.2) is 4.79 Å². The zero-order chi connectivity index (χ0) is 11.7. The van der Waals surface area contributed by atoms with E-state index in [9.17, 15) is 18.0 Å². The maximum absolute atomic E-state index is 11.6. The molecule has 4 nitrogen and oxygen atoms in total. The van der Waals surface area contributed by atoms with Crippen LogP contribution in [0.3, 0.4) is 0 Å². The number of rotatable bonds is 6. The Bertz CT molecular complexity index is 216. The molecule has 0 spiro atoms. The molecular formula is C8H13F3N2O2. The molecule has 0 atom stereocenters. The van der Waals surface area contributed by atoms with Gasteiger partial charge in [0.15, 0.2) is 6.54 Å². The third-order valence-electron chi connectivity index (χ3n) is 1.32. The number of alkyl halides is 3. The van der Waals surface area contributed by atoms with E-state index in [1.807, 2.05) is 0 Å². The molecule has 7 heteroatoms. The van der Waals surface area contributed by atoms with Gasteiger partial charge in [-0.15, -0.1) is 0 Å². The number of azo groups is 1. The van der Waals surface area contributed by atoms with Crippen molar-refractivity contribution in [1.29, 1.82) is 0 Å². The van der Waals surface area contributed by atoms with Gasteiger partial charge in [0.25, 0.3) is 0 Å². The summed E-state index contributed by atoms with van der Waals surface area (Å²) in [5.41, 5.74) is 0. The molecule has 15 heavy (non-hydrogen) atoms. The summed E-state index contributed by atoms with van der Waals surface area (Å²) in [6.07, 6.45) is -5.15. The fourth-order valence-corrected chi connectivity index (χ4v) is 0.735. The zero-order valence-corrected chi connectivity index (χ0v) is 8.38. The van der Waals surface area contributed by atoms with Crippen molar-refractivity contribution in [1.82, 2.24) is 0 Å². The monoisotopic (exact) mass is 226 g/mol. The Labute approximate surface area is 85.5 Å². The number of halogens is 3. The van der Waals surface area contributed by atoms with E-state index < -0.39 is 18.6 Å². The predicted octanol–water partition coefficient (Wildman–Crippen LogP) is 2.34. The van der Waals surface area contributed by atoms with Crippen LogP contribution < -0.4 is 0 Å². The van der Waals surface area contributed by atoms with Gasteiger partial charge in [0.1, 0.15) is 0 Å². The second kappa shape index (κ2) is 7.19. The standard InChI is InChI=1S/C8H13F3N2O2/c1-2-15-7(14)6-13-12-5-3-4-8(9,10)11/h2-6H2,1H3. The lowest BCUT2D eigenvalue weighted by molar-refractivity contribution is -0.141. The minimum absolute atomic E-state index is 0.0289. The molecule has 0 N–H and O–H groups in total. The smallest absolute Gasteiger partial charge is 0.389 e. The maximum Gasteiger partial charge on any atom is 0.389 e.